The summed E-state index contributed by atoms with van der Waals surface area (Å²) in [6.45, 7) is 0. The molecule has 4 rings (SSSR count). The first-order valence-electron chi connectivity index (χ1n) is 9.22. The molecule has 1 fully saturated rings. The number of halogens is 1. The van der Waals surface area contributed by atoms with E-state index in [2.05, 4.69) is 10.3 Å². The Morgan fingerprint density at radius 2 is 1.96 bits per heavy atom. The van der Waals surface area contributed by atoms with E-state index in [1.165, 1.54) is 0 Å². The molecular formula is C21H22ClN3O3. The van der Waals surface area contributed by atoms with Crippen molar-refractivity contribution in [3.63, 3.8) is 0 Å². The van der Waals surface area contributed by atoms with Gasteiger partial charge in [-0.25, -0.2) is 4.98 Å². The van der Waals surface area contributed by atoms with Gasteiger partial charge in [0.2, 0.25) is 5.91 Å². The van der Waals surface area contributed by atoms with Crippen molar-refractivity contribution in [1.29, 1.82) is 0 Å². The van der Waals surface area contributed by atoms with Gasteiger partial charge in [-0.15, -0.1) is 0 Å². The number of carbonyl (C=O) groups is 1. The molecule has 0 bridgehead atoms. The minimum atomic E-state index is -0.226. The molecule has 3 aromatic rings. The zero-order valence-electron chi connectivity index (χ0n) is 15.8. The molecule has 1 aromatic carbocycles. The van der Waals surface area contributed by atoms with Gasteiger partial charge in [-0.1, -0.05) is 11.6 Å². The third-order valence-electron chi connectivity index (χ3n) is 4.96. The average molecular weight is 400 g/mol. The first-order chi connectivity index (χ1) is 13.6. The summed E-state index contributed by atoms with van der Waals surface area (Å²) in [7, 11) is 3.22. The van der Waals surface area contributed by atoms with Crippen LogP contribution in [0.5, 0.6) is 11.5 Å². The van der Waals surface area contributed by atoms with Crippen molar-refractivity contribution in [1.82, 2.24) is 14.7 Å². The highest BCUT2D eigenvalue weighted by Gasteiger charge is 2.27. The number of rotatable bonds is 7. The number of hydrogen-bond acceptors (Lipinski definition) is 4. The molecule has 0 radical (unpaired) electrons. The second kappa shape index (κ2) is 7.72. The highest BCUT2D eigenvalue weighted by molar-refractivity contribution is 6.30. The van der Waals surface area contributed by atoms with Crippen LogP contribution in [0.25, 0.3) is 5.65 Å². The number of pyridine rings is 1. The Kier molecular flexibility index (Phi) is 5.13. The minimum Gasteiger partial charge on any atom is -0.497 e. The molecule has 1 N–H and O–H groups in total. The Morgan fingerprint density at radius 1 is 1.25 bits per heavy atom. The van der Waals surface area contributed by atoms with E-state index >= 15 is 0 Å². The fraction of sp³-hybridized carbons (Fsp3) is 0.333. The Labute approximate surface area is 168 Å². The summed E-state index contributed by atoms with van der Waals surface area (Å²) in [4.78, 5) is 17.1. The van der Waals surface area contributed by atoms with Crippen LogP contribution in [-0.4, -0.2) is 35.6 Å². The molecule has 0 aliphatic heterocycles. The average Bonchev–Trinajstić information content (AvgIpc) is 3.42. The molecule has 6 nitrogen and oxygen atoms in total. The van der Waals surface area contributed by atoms with Gasteiger partial charge in [0.1, 0.15) is 17.1 Å². The van der Waals surface area contributed by atoms with Crippen LogP contribution in [-0.2, 0) is 4.79 Å². The van der Waals surface area contributed by atoms with Crippen LogP contribution >= 0.6 is 11.6 Å². The van der Waals surface area contributed by atoms with Crippen molar-refractivity contribution < 1.29 is 14.3 Å². The third-order valence-corrected chi connectivity index (χ3v) is 5.19. The van der Waals surface area contributed by atoms with E-state index in [1.54, 1.807) is 26.5 Å². The molecule has 1 amide bonds. The molecule has 1 atom stereocenters. The molecule has 2 aromatic heterocycles. The van der Waals surface area contributed by atoms with Crippen LogP contribution in [0.4, 0.5) is 0 Å². The molecule has 1 aliphatic carbocycles. The van der Waals surface area contributed by atoms with Crippen molar-refractivity contribution in [2.45, 2.75) is 31.2 Å². The van der Waals surface area contributed by atoms with Gasteiger partial charge < -0.3 is 19.2 Å². The lowest BCUT2D eigenvalue weighted by Gasteiger charge is -2.19. The van der Waals surface area contributed by atoms with Crippen LogP contribution < -0.4 is 14.8 Å². The lowest BCUT2D eigenvalue weighted by molar-refractivity contribution is -0.121. The first-order valence-corrected chi connectivity index (χ1v) is 9.60. The van der Waals surface area contributed by atoms with Crippen LogP contribution in [0.1, 0.15) is 36.4 Å². The number of amides is 1. The Hall–Kier alpha value is -2.73. The molecule has 0 spiro atoms. The van der Waals surface area contributed by atoms with Crippen molar-refractivity contribution in [3.05, 3.63) is 59.0 Å². The van der Waals surface area contributed by atoms with Gasteiger partial charge >= 0.3 is 0 Å². The highest BCUT2D eigenvalue weighted by atomic mass is 35.5. The quantitative estimate of drug-likeness (QED) is 0.656. The molecule has 1 aliphatic rings. The molecule has 7 heteroatoms. The van der Waals surface area contributed by atoms with Crippen LogP contribution in [0.3, 0.4) is 0 Å². The zero-order chi connectivity index (χ0) is 19.7. The number of benzene rings is 1. The van der Waals surface area contributed by atoms with E-state index in [-0.39, 0.29) is 11.8 Å². The second-order valence-electron chi connectivity index (χ2n) is 7.00. The predicted octanol–water partition coefficient (Wildman–Crippen LogP) is 3.81. The summed E-state index contributed by atoms with van der Waals surface area (Å²) in [5, 5.41) is 3.68. The van der Waals surface area contributed by atoms with Gasteiger partial charge in [-0.3, -0.25) is 4.79 Å². The van der Waals surface area contributed by atoms with Crippen LogP contribution in [0.2, 0.25) is 5.02 Å². The molecule has 1 unspecified atom stereocenters. The number of aromatic nitrogens is 2. The van der Waals surface area contributed by atoms with Gasteiger partial charge in [0.05, 0.1) is 24.9 Å². The van der Waals surface area contributed by atoms with Crippen LogP contribution in [0.15, 0.2) is 42.7 Å². The number of fused-ring (bicyclic) bond motifs is 1. The Bertz CT molecular complexity index is 991. The van der Waals surface area contributed by atoms with Gasteiger partial charge in [-0.2, -0.15) is 0 Å². The second-order valence-corrected chi connectivity index (χ2v) is 7.44. The molecule has 0 saturated heterocycles. The van der Waals surface area contributed by atoms with E-state index in [9.17, 15) is 4.79 Å². The van der Waals surface area contributed by atoms with E-state index in [4.69, 9.17) is 21.1 Å². The fourth-order valence-electron chi connectivity index (χ4n) is 3.35. The summed E-state index contributed by atoms with van der Waals surface area (Å²) < 4.78 is 12.8. The maximum absolute atomic E-state index is 12.7. The maximum Gasteiger partial charge on any atom is 0.221 e. The maximum atomic E-state index is 12.7. The number of ether oxygens (including phenoxy) is 2. The van der Waals surface area contributed by atoms with E-state index in [0.29, 0.717) is 29.0 Å². The normalized spacial score (nSPS) is 14.7. The SMILES string of the molecule is COc1cc(OC)cc(C(CC(=O)NC2CC2)c2cnc3ccc(Cl)cn23)c1. The van der Waals surface area contributed by atoms with E-state index < -0.39 is 0 Å². The summed E-state index contributed by atoms with van der Waals surface area (Å²) in [6.07, 6.45) is 6.02. The molecule has 2 heterocycles. The number of nitrogens with one attached hydrogen (secondary N) is 1. The third kappa shape index (κ3) is 3.92. The molecule has 146 valence electrons. The lowest BCUT2D eigenvalue weighted by atomic mass is 9.91. The smallest absolute Gasteiger partial charge is 0.221 e. The van der Waals surface area contributed by atoms with Gasteiger partial charge in [0.25, 0.3) is 0 Å². The zero-order valence-corrected chi connectivity index (χ0v) is 16.6. The van der Waals surface area contributed by atoms with E-state index in [0.717, 1.165) is 29.7 Å². The topological polar surface area (TPSA) is 64.9 Å². The number of methoxy groups -OCH3 is 2. The van der Waals surface area contributed by atoms with Gasteiger partial charge in [0, 0.05) is 36.8 Å². The van der Waals surface area contributed by atoms with Gasteiger partial charge in [0.15, 0.2) is 0 Å². The number of imidazole rings is 1. The highest BCUT2D eigenvalue weighted by Crippen LogP contribution is 2.34. The standard InChI is InChI=1S/C21H22ClN3O3/c1-27-16-7-13(8-17(9-16)28-2)18(10-21(26)24-15-4-5-15)19-11-23-20-6-3-14(22)12-25(19)20/h3,6-9,11-12,15,18H,4-5,10H2,1-2H3,(H,24,26). The largest absolute Gasteiger partial charge is 0.497 e. The summed E-state index contributed by atoms with van der Waals surface area (Å²) in [6, 6.07) is 9.65. The minimum absolute atomic E-state index is 0.0197. The fourth-order valence-corrected chi connectivity index (χ4v) is 3.52. The summed E-state index contributed by atoms with van der Waals surface area (Å²) in [5.41, 5.74) is 2.59. The van der Waals surface area contributed by atoms with Gasteiger partial charge in [-0.05, 0) is 42.7 Å². The predicted molar refractivity (Wildman–Crippen MR) is 107 cm³/mol. The molecule has 1 saturated carbocycles. The molecule has 28 heavy (non-hydrogen) atoms. The van der Waals surface area contributed by atoms with E-state index in [1.807, 2.05) is 34.9 Å². The molecular weight excluding hydrogens is 378 g/mol. The van der Waals surface area contributed by atoms with Crippen molar-refractivity contribution in [2.24, 2.45) is 0 Å². The first kappa shape index (κ1) is 18.6. The van der Waals surface area contributed by atoms with Crippen LogP contribution in [0, 0.1) is 0 Å². The summed E-state index contributed by atoms with van der Waals surface area (Å²) >= 11 is 6.21. The Balaban J connectivity index is 1.79. The number of hydrogen-bond donors (Lipinski definition) is 1. The number of carbonyl (C=O) groups excluding carboxylic acids is 1. The Morgan fingerprint density at radius 3 is 2.61 bits per heavy atom. The number of nitrogens with zero attached hydrogens (tertiary/aromatic N) is 2. The summed E-state index contributed by atoms with van der Waals surface area (Å²) in [5.74, 6) is 1.14. The van der Waals surface area contributed by atoms with Crippen molar-refractivity contribution >= 4 is 23.2 Å². The lowest BCUT2D eigenvalue weighted by Crippen LogP contribution is -2.27. The monoisotopic (exact) mass is 399 g/mol. The van der Waals surface area contributed by atoms with Crippen molar-refractivity contribution in [3.8, 4) is 11.5 Å². The van der Waals surface area contributed by atoms with Crippen molar-refractivity contribution in [2.75, 3.05) is 14.2 Å².